The maximum atomic E-state index is 13.2. The molecule has 18 heavy (non-hydrogen) atoms. The molecular formula is C11H7FN4OS. The van der Waals surface area contributed by atoms with Gasteiger partial charge in [-0.1, -0.05) is 0 Å². The molecule has 0 radical (unpaired) electrons. The number of aromatic nitrogens is 3. The summed E-state index contributed by atoms with van der Waals surface area (Å²) < 4.78 is 13.2. The van der Waals surface area contributed by atoms with Crippen LogP contribution in [0.1, 0.15) is 10.5 Å². The van der Waals surface area contributed by atoms with Crippen molar-refractivity contribution in [3.05, 3.63) is 41.3 Å². The number of aromatic amines is 1. The van der Waals surface area contributed by atoms with Gasteiger partial charge in [-0.2, -0.15) is 5.10 Å². The van der Waals surface area contributed by atoms with Crippen LogP contribution in [-0.2, 0) is 0 Å². The van der Waals surface area contributed by atoms with E-state index in [-0.39, 0.29) is 5.69 Å². The molecule has 0 saturated heterocycles. The highest BCUT2D eigenvalue weighted by molar-refractivity contribution is 7.13. The molecule has 0 unspecified atom stereocenters. The van der Waals surface area contributed by atoms with Crippen LogP contribution in [0.25, 0.3) is 10.9 Å². The van der Waals surface area contributed by atoms with Gasteiger partial charge in [0.05, 0.1) is 5.52 Å². The highest BCUT2D eigenvalue weighted by atomic mass is 32.1. The van der Waals surface area contributed by atoms with Crippen molar-refractivity contribution in [1.29, 1.82) is 0 Å². The number of hydrogen-bond donors (Lipinski definition) is 2. The minimum absolute atomic E-state index is 0.153. The molecule has 2 heterocycles. The van der Waals surface area contributed by atoms with Crippen LogP contribution in [0.5, 0.6) is 0 Å². The second-order valence-corrected chi connectivity index (χ2v) is 4.45. The number of rotatable bonds is 2. The van der Waals surface area contributed by atoms with Gasteiger partial charge in [-0.25, -0.2) is 9.37 Å². The van der Waals surface area contributed by atoms with Crippen LogP contribution in [0.4, 0.5) is 9.52 Å². The molecule has 0 saturated carbocycles. The zero-order chi connectivity index (χ0) is 12.5. The first kappa shape index (κ1) is 10.8. The molecular weight excluding hydrogens is 255 g/mol. The zero-order valence-electron chi connectivity index (χ0n) is 8.98. The number of hydrogen-bond acceptors (Lipinski definition) is 4. The molecule has 0 fully saturated rings. The van der Waals surface area contributed by atoms with Gasteiger partial charge >= 0.3 is 0 Å². The Balaban J connectivity index is 1.98. The quantitative estimate of drug-likeness (QED) is 0.745. The highest BCUT2D eigenvalue weighted by Gasteiger charge is 2.15. The van der Waals surface area contributed by atoms with E-state index in [1.807, 2.05) is 0 Å². The van der Waals surface area contributed by atoms with Gasteiger partial charge in [0.15, 0.2) is 10.8 Å². The van der Waals surface area contributed by atoms with Crippen molar-refractivity contribution in [1.82, 2.24) is 15.2 Å². The van der Waals surface area contributed by atoms with Crippen LogP contribution in [-0.4, -0.2) is 21.1 Å². The van der Waals surface area contributed by atoms with Crippen molar-refractivity contribution < 1.29 is 9.18 Å². The third-order valence-electron chi connectivity index (χ3n) is 2.39. The Labute approximate surface area is 105 Å². The third kappa shape index (κ3) is 1.84. The van der Waals surface area contributed by atoms with Crippen LogP contribution < -0.4 is 5.32 Å². The molecule has 0 bridgehead atoms. The van der Waals surface area contributed by atoms with E-state index in [0.717, 1.165) is 0 Å². The lowest BCUT2D eigenvalue weighted by atomic mass is 10.2. The lowest BCUT2D eigenvalue weighted by Gasteiger charge is -1.98. The number of carbonyl (C=O) groups is 1. The second kappa shape index (κ2) is 4.19. The molecule has 0 aliphatic rings. The van der Waals surface area contributed by atoms with E-state index >= 15 is 0 Å². The molecule has 2 N–H and O–H groups in total. The van der Waals surface area contributed by atoms with Gasteiger partial charge in [0.1, 0.15) is 5.82 Å². The molecule has 1 amide bonds. The third-order valence-corrected chi connectivity index (χ3v) is 3.08. The average Bonchev–Trinajstić information content (AvgIpc) is 2.97. The van der Waals surface area contributed by atoms with Crippen molar-refractivity contribution in [3.8, 4) is 0 Å². The number of thiazole rings is 1. The Bertz CT molecular complexity index is 707. The molecule has 0 aliphatic carbocycles. The van der Waals surface area contributed by atoms with Gasteiger partial charge in [-0.05, 0) is 18.2 Å². The Hall–Kier alpha value is -2.28. The minimum Gasteiger partial charge on any atom is -0.296 e. The number of nitrogens with one attached hydrogen (secondary N) is 2. The van der Waals surface area contributed by atoms with E-state index in [1.54, 1.807) is 11.6 Å². The number of fused-ring (bicyclic) bond motifs is 1. The van der Waals surface area contributed by atoms with E-state index in [1.165, 1.54) is 29.5 Å². The normalized spacial score (nSPS) is 10.7. The van der Waals surface area contributed by atoms with E-state index < -0.39 is 11.7 Å². The lowest BCUT2D eigenvalue weighted by molar-refractivity contribution is 0.102. The van der Waals surface area contributed by atoms with Crippen molar-refractivity contribution in [2.45, 2.75) is 0 Å². The number of nitrogens with zero attached hydrogens (tertiary/aromatic N) is 2. The van der Waals surface area contributed by atoms with Crippen molar-refractivity contribution in [2.75, 3.05) is 5.32 Å². The molecule has 0 atom stereocenters. The lowest BCUT2D eigenvalue weighted by Crippen LogP contribution is -2.12. The van der Waals surface area contributed by atoms with Gasteiger partial charge in [0.2, 0.25) is 0 Å². The highest BCUT2D eigenvalue weighted by Crippen LogP contribution is 2.19. The van der Waals surface area contributed by atoms with E-state index in [2.05, 4.69) is 20.5 Å². The number of anilines is 1. The topological polar surface area (TPSA) is 70.7 Å². The van der Waals surface area contributed by atoms with E-state index in [9.17, 15) is 9.18 Å². The summed E-state index contributed by atoms with van der Waals surface area (Å²) in [6.07, 6.45) is 1.59. The van der Waals surface area contributed by atoms with Crippen molar-refractivity contribution in [2.24, 2.45) is 0 Å². The molecule has 3 aromatic rings. The van der Waals surface area contributed by atoms with Gasteiger partial charge < -0.3 is 0 Å². The fourth-order valence-corrected chi connectivity index (χ4v) is 2.12. The summed E-state index contributed by atoms with van der Waals surface area (Å²) in [5, 5.41) is 11.8. The van der Waals surface area contributed by atoms with Gasteiger partial charge in [-0.15, -0.1) is 11.3 Å². The smallest absolute Gasteiger partial charge is 0.278 e. The average molecular weight is 262 g/mol. The number of benzene rings is 1. The van der Waals surface area contributed by atoms with Crippen LogP contribution in [0.2, 0.25) is 0 Å². The predicted molar refractivity (Wildman–Crippen MR) is 66.1 cm³/mol. The molecule has 1 aromatic carbocycles. The van der Waals surface area contributed by atoms with Gasteiger partial charge in [0.25, 0.3) is 5.91 Å². The first-order chi connectivity index (χ1) is 8.74. The second-order valence-electron chi connectivity index (χ2n) is 3.55. The molecule has 0 aliphatic heterocycles. The first-order valence-corrected chi connectivity index (χ1v) is 5.96. The maximum Gasteiger partial charge on any atom is 0.278 e. The molecule has 0 spiro atoms. The number of amides is 1. The SMILES string of the molecule is O=C(Nc1nccs1)c1n[nH]c2ccc(F)cc12. The summed E-state index contributed by atoms with van der Waals surface area (Å²) in [6, 6.07) is 4.12. The van der Waals surface area contributed by atoms with Crippen LogP contribution >= 0.6 is 11.3 Å². The Kier molecular flexibility index (Phi) is 2.52. The van der Waals surface area contributed by atoms with Gasteiger partial charge in [0, 0.05) is 17.0 Å². The molecule has 7 heteroatoms. The summed E-state index contributed by atoms with van der Waals surface area (Å²) in [5.41, 5.74) is 0.764. The largest absolute Gasteiger partial charge is 0.296 e. The first-order valence-electron chi connectivity index (χ1n) is 5.08. The standard InChI is InChI=1S/C11H7FN4OS/c12-6-1-2-8-7(5-6)9(16-15-8)10(17)14-11-13-3-4-18-11/h1-5H,(H,15,16)(H,13,14,17). The minimum atomic E-state index is -0.415. The van der Waals surface area contributed by atoms with Crippen LogP contribution in [0.3, 0.4) is 0 Å². The molecule has 2 aromatic heterocycles. The predicted octanol–water partition coefficient (Wildman–Crippen LogP) is 2.41. The van der Waals surface area contributed by atoms with Crippen molar-refractivity contribution >= 4 is 33.3 Å². The fraction of sp³-hybridized carbons (Fsp3) is 0. The Morgan fingerprint density at radius 1 is 1.44 bits per heavy atom. The number of H-pyrrole nitrogens is 1. The van der Waals surface area contributed by atoms with E-state index in [4.69, 9.17) is 0 Å². The molecule has 90 valence electrons. The summed E-state index contributed by atoms with van der Waals surface area (Å²) >= 11 is 1.30. The Morgan fingerprint density at radius 2 is 2.33 bits per heavy atom. The van der Waals surface area contributed by atoms with E-state index in [0.29, 0.717) is 16.0 Å². The van der Waals surface area contributed by atoms with Crippen LogP contribution in [0.15, 0.2) is 29.8 Å². The molecule has 3 rings (SSSR count). The van der Waals surface area contributed by atoms with Crippen molar-refractivity contribution in [3.63, 3.8) is 0 Å². The summed E-state index contributed by atoms with van der Waals surface area (Å²) in [5.74, 6) is -0.825. The number of halogens is 1. The van der Waals surface area contributed by atoms with Crippen LogP contribution in [0, 0.1) is 5.82 Å². The summed E-state index contributed by atoms with van der Waals surface area (Å²) in [7, 11) is 0. The monoisotopic (exact) mass is 262 g/mol. The van der Waals surface area contributed by atoms with Gasteiger partial charge in [-0.3, -0.25) is 15.2 Å². The molecule has 5 nitrogen and oxygen atoms in total. The fourth-order valence-electron chi connectivity index (χ4n) is 1.60. The maximum absolute atomic E-state index is 13.2. The zero-order valence-corrected chi connectivity index (χ0v) is 9.79. The Morgan fingerprint density at radius 3 is 3.11 bits per heavy atom. The summed E-state index contributed by atoms with van der Waals surface area (Å²) in [4.78, 5) is 15.9. The number of carbonyl (C=O) groups excluding carboxylic acids is 1. The summed E-state index contributed by atoms with van der Waals surface area (Å²) in [6.45, 7) is 0.